The molecule has 2 amide bonds. The number of carbonyl (C=O) groups is 2. The van der Waals surface area contributed by atoms with Gasteiger partial charge in [-0.25, -0.2) is 0 Å². The minimum Gasteiger partial charge on any atom is -0.330 e. The molecule has 1 aromatic carbocycles. The van der Waals surface area contributed by atoms with Crippen LogP contribution in [0.25, 0.3) is 0 Å². The summed E-state index contributed by atoms with van der Waals surface area (Å²) in [4.78, 5) is 31.3. The zero-order valence-electron chi connectivity index (χ0n) is 18.2. The number of hydrogen-bond donors (Lipinski definition) is 1. The molecule has 4 fully saturated rings. The van der Waals surface area contributed by atoms with Gasteiger partial charge < -0.3 is 15.5 Å². The van der Waals surface area contributed by atoms with Gasteiger partial charge in [0.15, 0.2) is 0 Å². The van der Waals surface area contributed by atoms with Crippen molar-refractivity contribution in [2.75, 3.05) is 13.1 Å². The summed E-state index contributed by atoms with van der Waals surface area (Å²) in [5.74, 6) is 0.0196. The Morgan fingerprint density at radius 3 is 2.73 bits per heavy atom. The van der Waals surface area contributed by atoms with Gasteiger partial charge in [0.25, 0.3) is 0 Å². The maximum atomic E-state index is 13.1. The number of halogens is 3. The molecule has 0 radical (unpaired) electrons. The summed E-state index contributed by atoms with van der Waals surface area (Å²) >= 11 is 0. The van der Waals surface area contributed by atoms with E-state index in [2.05, 4.69) is 6.07 Å². The lowest BCUT2D eigenvalue weighted by Crippen LogP contribution is -2.57. The molecule has 7 nitrogen and oxygen atoms in total. The maximum Gasteiger partial charge on any atom is 0.416 e. The van der Waals surface area contributed by atoms with Gasteiger partial charge >= 0.3 is 6.18 Å². The third kappa shape index (κ3) is 3.67. The normalized spacial score (nSPS) is 32.6. The van der Waals surface area contributed by atoms with Crippen LogP contribution in [0.15, 0.2) is 24.3 Å². The van der Waals surface area contributed by atoms with E-state index in [4.69, 9.17) is 5.73 Å². The predicted octanol–water partition coefficient (Wildman–Crippen LogP) is 1.89. The van der Waals surface area contributed by atoms with Crippen LogP contribution in [0.3, 0.4) is 0 Å². The van der Waals surface area contributed by atoms with Gasteiger partial charge in [0.2, 0.25) is 11.8 Å². The van der Waals surface area contributed by atoms with Crippen LogP contribution in [0, 0.1) is 17.2 Å². The summed E-state index contributed by atoms with van der Waals surface area (Å²) < 4.78 is 39.3. The van der Waals surface area contributed by atoms with Gasteiger partial charge in [-0.15, -0.1) is 0 Å². The van der Waals surface area contributed by atoms with Crippen molar-refractivity contribution in [3.8, 4) is 6.07 Å². The van der Waals surface area contributed by atoms with Crippen molar-refractivity contribution in [2.24, 2.45) is 11.7 Å². The zero-order valence-corrected chi connectivity index (χ0v) is 18.2. The standard InChI is InChI=1S/C23H26F3N5O2/c1-12(13-3-2-4-15(5-13)23(24,25)26)30-17-8-20(22(30)33)29(10-17)11-18(28)21(32)31-16(9-27)6-14-7-19(14)31/h2-5,12,14,16-20H,6-8,10-11,28H2,1H3/t12-,14?,16?,17?,18?,19?,20?/m0/s1. The Morgan fingerprint density at radius 2 is 2.06 bits per heavy atom. The van der Waals surface area contributed by atoms with Gasteiger partial charge in [-0.2, -0.15) is 18.4 Å². The van der Waals surface area contributed by atoms with Gasteiger partial charge in [-0.1, -0.05) is 12.1 Å². The molecule has 2 N–H and O–H groups in total. The fraction of sp³-hybridized carbons (Fsp3) is 0.609. The molecular weight excluding hydrogens is 435 g/mol. The number of hydrogen-bond acceptors (Lipinski definition) is 5. The first-order chi connectivity index (χ1) is 15.6. The molecule has 2 bridgehead atoms. The number of carbonyl (C=O) groups excluding carboxylic acids is 2. The van der Waals surface area contributed by atoms with E-state index in [1.165, 1.54) is 6.07 Å². The highest BCUT2D eigenvalue weighted by Crippen LogP contribution is 2.48. The van der Waals surface area contributed by atoms with Crippen molar-refractivity contribution in [1.82, 2.24) is 14.7 Å². The van der Waals surface area contributed by atoms with E-state index in [1.807, 2.05) is 4.90 Å². The van der Waals surface area contributed by atoms with Crippen LogP contribution < -0.4 is 5.73 Å². The average Bonchev–Trinajstić information content (AvgIpc) is 3.11. The lowest BCUT2D eigenvalue weighted by atomic mass is 10.0. The number of rotatable bonds is 5. The van der Waals surface area contributed by atoms with Crippen LogP contribution in [0.2, 0.25) is 0 Å². The van der Waals surface area contributed by atoms with E-state index in [-0.39, 0.29) is 30.4 Å². The highest BCUT2D eigenvalue weighted by molar-refractivity contribution is 5.87. The Kier molecular flexibility index (Phi) is 5.18. The molecule has 3 heterocycles. The zero-order chi connectivity index (χ0) is 23.7. The van der Waals surface area contributed by atoms with Crippen LogP contribution in [-0.4, -0.2) is 69.8 Å². The van der Waals surface area contributed by atoms with Gasteiger partial charge in [0, 0.05) is 25.2 Å². The van der Waals surface area contributed by atoms with Crippen molar-refractivity contribution >= 4 is 11.8 Å². The second-order valence-electron chi connectivity index (χ2n) is 9.70. The molecule has 3 aliphatic heterocycles. The first kappa shape index (κ1) is 22.2. The van der Waals surface area contributed by atoms with Crippen LogP contribution in [0.1, 0.15) is 43.4 Å². The maximum absolute atomic E-state index is 13.1. The lowest BCUT2D eigenvalue weighted by Gasteiger charge is -2.38. The quantitative estimate of drug-likeness (QED) is 0.723. The summed E-state index contributed by atoms with van der Waals surface area (Å²) in [5, 5.41) is 9.34. The second-order valence-corrected chi connectivity index (χ2v) is 9.70. The third-order valence-corrected chi connectivity index (χ3v) is 7.68. The SMILES string of the molecule is C[C@@H](c1cccc(C(F)(F)F)c1)N1C(=O)C2CC1CN2CC(N)C(=O)N1C(C#N)CC2CC21. The van der Waals surface area contributed by atoms with Gasteiger partial charge in [0.05, 0.1) is 29.8 Å². The molecule has 33 heavy (non-hydrogen) atoms. The molecular formula is C23H26F3N5O2. The van der Waals surface area contributed by atoms with Crippen molar-refractivity contribution in [2.45, 2.75) is 68.6 Å². The molecule has 176 valence electrons. The Balaban J connectivity index is 1.24. The van der Waals surface area contributed by atoms with E-state index in [0.717, 1.165) is 18.6 Å². The van der Waals surface area contributed by atoms with Crippen molar-refractivity contribution in [3.05, 3.63) is 35.4 Å². The summed E-state index contributed by atoms with van der Waals surface area (Å²) in [6, 6.07) is 5.11. The number of benzene rings is 1. The molecule has 6 unspecified atom stereocenters. The first-order valence-corrected chi connectivity index (χ1v) is 11.3. The highest BCUT2D eigenvalue weighted by atomic mass is 19.4. The van der Waals surface area contributed by atoms with E-state index < -0.39 is 35.9 Å². The average molecular weight is 461 g/mol. The molecule has 1 saturated carbocycles. The molecule has 3 saturated heterocycles. The summed E-state index contributed by atoms with van der Waals surface area (Å²) in [6.07, 6.45) is -2.25. The van der Waals surface area contributed by atoms with Crippen molar-refractivity contribution in [3.63, 3.8) is 0 Å². The highest BCUT2D eigenvalue weighted by Gasteiger charge is 2.56. The molecule has 7 atom stereocenters. The lowest BCUT2D eigenvalue weighted by molar-refractivity contribution is -0.141. The molecule has 4 aliphatic rings. The van der Waals surface area contributed by atoms with E-state index >= 15 is 0 Å². The number of nitrogens with two attached hydrogens (primary N) is 1. The number of piperazine rings is 1. The van der Waals surface area contributed by atoms with Crippen molar-refractivity contribution in [1.29, 1.82) is 5.26 Å². The summed E-state index contributed by atoms with van der Waals surface area (Å²) in [7, 11) is 0. The summed E-state index contributed by atoms with van der Waals surface area (Å²) in [5.41, 5.74) is 5.93. The third-order valence-electron chi connectivity index (χ3n) is 7.68. The number of amides is 2. The Labute approximate surface area is 189 Å². The minimum absolute atomic E-state index is 0.119. The number of nitrogens with zero attached hydrogens (tertiary/aromatic N) is 4. The molecule has 5 rings (SSSR count). The van der Waals surface area contributed by atoms with Gasteiger partial charge in [-0.05, 0) is 49.8 Å². The van der Waals surface area contributed by atoms with Gasteiger partial charge in [0.1, 0.15) is 6.04 Å². The Morgan fingerprint density at radius 1 is 1.30 bits per heavy atom. The van der Waals surface area contributed by atoms with Crippen LogP contribution in [-0.2, 0) is 15.8 Å². The molecule has 1 aliphatic carbocycles. The fourth-order valence-corrected chi connectivity index (χ4v) is 5.95. The monoisotopic (exact) mass is 461 g/mol. The number of nitriles is 1. The fourth-order valence-electron chi connectivity index (χ4n) is 5.95. The minimum atomic E-state index is -4.44. The number of piperidine rings is 1. The smallest absolute Gasteiger partial charge is 0.330 e. The predicted molar refractivity (Wildman–Crippen MR) is 111 cm³/mol. The van der Waals surface area contributed by atoms with Crippen LogP contribution in [0.5, 0.6) is 0 Å². The molecule has 0 spiro atoms. The number of alkyl halides is 3. The second kappa shape index (κ2) is 7.71. The van der Waals surface area contributed by atoms with E-state index in [1.54, 1.807) is 22.8 Å². The Hall–Kier alpha value is -2.64. The van der Waals surface area contributed by atoms with E-state index in [9.17, 15) is 28.0 Å². The summed E-state index contributed by atoms with van der Waals surface area (Å²) in [6.45, 7) is 2.49. The van der Waals surface area contributed by atoms with Crippen molar-refractivity contribution < 1.29 is 22.8 Å². The molecule has 0 aromatic heterocycles. The largest absolute Gasteiger partial charge is 0.416 e. The first-order valence-electron chi connectivity index (χ1n) is 11.3. The van der Waals surface area contributed by atoms with Crippen LogP contribution in [0.4, 0.5) is 13.2 Å². The number of fused-ring (bicyclic) bond motifs is 3. The van der Waals surface area contributed by atoms with E-state index in [0.29, 0.717) is 30.9 Å². The number of likely N-dealkylation sites (tertiary alicyclic amines) is 3. The topological polar surface area (TPSA) is 93.7 Å². The molecule has 1 aromatic rings. The van der Waals surface area contributed by atoms with Gasteiger partial charge in [-0.3, -0.25) is 14.5 Å². The van der Waals surface area contributed by atoms with Crippen LogP contribution >= 0.6 is 0 Å². The molecule has 10 heteroatoms. The Bertz CT molecular complexity index is 1020.